The van der Waals surface area contributed by atoms with Crippen molar-refractivity contribution in [2.45, 2.75) is 31.2 Å². The first-order chi connectivity index (χ1) is 9.95. The summed E-state index contributed by atoms with van der Waals surface area (Å²) in [5, 5.41) is 3.24. The van der Waals surface area contributed by atoms with Crippen LogP contribution in [-0.2, 0) is 9.84 Å². The summed E-state index contributed by atoms with van der Waals surface area (Å²) >= 11 is 0. The van der Waals surface area contributed by atoms with Crippen LogP contribution in [0, 0.1) is 0 Å². The molecule has 1 amide bonds. The number of hydrogen-bond donors (Lipinski definition) is 1. The van der Waals surface area contributed by atoms with Crippen LogP contribution in [-0.4, -0.2) is 50.7 Å². The number of carbonyl (C=O) groups is 1. The van der Waals surface area contributed by atoms with E-state index in [1.807, 2.05) is 18.7 Å². The van der Waals surface area contributed by atoms with Gasteiger partial charge >= 0.3 is 0 Å². The maximum absolute atomic E-state index is 12.4. The van der Waals surface area contributed by atoms with Crippen molar-refractivity contribution in [3.63, 3.8) is 0 Å². The number of nitrogens with zero attached hydrogens (tertiary/aromatic N) is 1. The van der Waals surface area contributed by atoms with Crippen molar-refractivity contribution in [2.75, 3.05) is 25.4 Å². The highest BCUT2D eigenvalue weighted by Crippen LogP contribution is 2.16. The molecule has 0 spiro atoms. The molecule has 1 saturated heterocycles. The van der Waals surface area contributed by atoms with E-state index in [-0.39, 0.29) is 22.6 Å². The minimum absolute atomic E-state index is 0.0385. The summed E-state index contributed by atoms with van der Waals surface area (Å²) in [7, 11) is -3.22. The van der Waals surface area contributed by atoms with Gasteiger partial charge < -0.3 is 10.2 Å². The topological polar surface area (TPSA) is 66.5 Å². The molecule has 1 aromatic carbocycles. The highest BCUT2D eigenvalue weighted by Gasteiger charge is 2.24. The van der Waals surface area contributed by atoms with Gasteiger partial charge in [0.25, 0.3) is 5.91 Å². The van der Waals surface area contributed by atoms with Crippen molar-refractivity contribution in [3.05, 3.63) is 29.8 Å². The van der Waals surface area contributed by atoms with Crippen LogP contribution in [0.1, 0.15) is 30.6 Å². The lowest BCUT2D eigenvalue weighted by atomic mass is 10.1. The van der Waals surface area contributed by atoms with Crippen molar-refractivity contribution in [1.29, 1.82) is 0 Å². The fourth-order valence-corrected chi connectivity index (χ4v) is 3.82. The molecule has 0 aliphatic carbocycles. The molecular formula is C15H22N2O3S. The lowest BCUT2D eigenvalue weighted by Crippen LogP contribution is -2.52. The largest absolute Gasteiger partial charge is 0.333 e. The molecular weight excluding hydrogens is 288 g/mol. The van der Waals surface area contributed by atoms with Gasteiger partial charge in [-0.3, -0.25) is 4.79 Å². The van der Waals surface area contributed by atoms with E-state index >= 15 is 0 Å². The molecule has 0 unspecified atom stereocenters. The van der Waals surface area contributed by atoms with Gasteiger partial charge in [-0.15, -0.1) is 0 Å². The van der Waals surface area contributed by atoms with Crippen LogP contribution >= 0.6 is 0 Å². The SMILES string of the molecule is CCCS(=O)(=O)c1ccc(C(=O)N2CCNC[C@H]2C)cc1. The minimum atomic E-state index is -3.22. The van der Waals surface area contributed by atoms with E-state index in [1.165, 1.54) is 12.1 Å². The van der Waals surface area contributed by atoms with Crippen LogP contribution in [0.3, 0.4) is 0 Å². The first-order valence-corrected chi connectivity index (χ1v) is 8.95. The number of hydrogen-bond acceptors (Lipinski definition) is 4. The number of benzene rings is 1. The fraction of sp³-hybridized carbons (Fsp3) is 0.533. The standard InChI is InChI=1S/C15H22N2O3S/c1-3-10-21(19,20)14-6-4-13(5-7-14)15(18)17-9-8-16-11-12(17)2/h4-7,12,16H,3,8-11H2,1-2H3/t12-/m1/s1. The van der Waals surface area contributed by atoms with Crippen molar-refractivity contribution < 1.29 is 13.2 Å². The Morgan fingerprint density at radius 2 is 2.00 bits per heavy atom. The lowest BCUT2D eigenvalue weighted by Gasteiger charge is -2.34. The first-order valence-electron chi connectivity index (χ1n) is 7.30. The Morgan fingerprint density at radius 3 is 2.57 bits per heavy atom. The van der Waals surface area contributed by atoms with Gasteiger partial charge in [0.1, 0.15) is 0 Å². The monoisotopic (exact) mass is 310 g/mol. The molecule has 0 aromatic heterocycles. The summed E-state index contributed by atoms with van der Waals surface area (Å²) in [6.45, 7) is 6.09. The Bertz CT molecular complexity index is 596. The zero-order chi connectivity index (χ0) is 15.5. The maximum Gasteiger partial charge on any atom is 0.254 e. The third-order valence-corrected chi connectivity index (χ3v) is 5.63. The van der Waals surface area contributed by atoms with Crippen molar-refractivity contribution in [1.82, 2.24) is 10.2 Å². The van der Waals surface area contributed by atoms with Crippen LogP contribution in [0.15, 0.2) is 29.2 Å². The van der Waals surface area contributed by atoms with E-state index in [1.54, 1.807) is 12.1 Å². The average molecular weight is 310 g/mol. The van der Waals surface area contributed by atoms with E-state index in [0.717, 1.165) is 13.1 Å². The number of carbonyl (C=O) groups excluding carboxylic acids is 1. The summed E-state index contributed by atoms with van der Waals surface area (Å²) in [6, 6.07) is 6.44. The van der Waals surface area contributed by atoms with Crippen LogP contribution in [0.4, 0.5) is 0 Å². The molecule has 1 fully saturated rings. The number of amides is 1. The van der Waals surface area contributed by atoms with E-state index in [9.17, 15) is 13.2 Å². The van der Waals surface area contributed by atoms with Gasteiger partial charge in [-0.1, -0.05) is 6.92 Å². The van der Waals surface area contributed by atoms with Gasteiger partial charge in [-0.05, 0) is 37.6 Å². The molecule has 1 aromatic rings. The van der Waals surface area contributed by atoms with Crippen molar-refractivity contribution in [3.8, 4) is 0 Å². The lowest BCUT2D eigenvalue weighted by molar-refractivity contribution is 0.0655. The number of piperazine rings is 1. The maximum atomic E-state index is 12.4. The van der Waals surface area contributed by atoms with E-state index < -0.39 is 9.84 Å². The quantitative estimate of drug-likeness (QED) is 0.910. The third-order valence-electron chi connectivity index (χ3n) is 3.70. The molecule has 1 heterocycles. The smallest absolute Gasteiger partial charge is 0.254 e. The zero-order valence-electron chi connectivity index (χ0n) is 12.5. The van der Waals surface area contributed by atoms with Gasteiger partial charge in [0, 0.05) is 31.2 Å². The molecule has 0 bridgehead atoms. The second-order valence-electron chi connectivity index (χ2n) is 5.39. The molecule has 6 heteroatoms. The first kappa shape index (κ1) is 16.0. The Morgan fingerprint density at radius 1 is 1.33 bits per heavy atom. The van der Waals surface area contributed by atoms with Crippen LogP contribution < -0.4 is 5.32 Å². The minimum Gasteiger partial charge on any atom is -0.333 e. The summed E-state index contributed by atoms with van der Waals surface area (Å²) in [6.07, 6.45) is 0.585. The summed E-state index contributed by atoms with van der Waals surface area (Å²) < 4.78 is 23.9. The summed E-state index contributed by atoms with van der Waals surface area (Å²) in [5.74, 6) is 0.0956. The highest BCUT2D eigenvalue weighted by molar-refractivity contribution is 7.91. The van der Waals surface area contributed by atoms with E-state index in [0.29, 0.717) is 18.5 Å². The molecule has 2 rings (SSSR count). The predicted molar refractivity (Wildman–Crippen MR) is 82.2 cm³/mol. The molecule has 1 N–H and O–H groups in total. The zero-order valence-corrected chi connectivity index (χ0v) is 13.3. The van der Waals surface area contributed by atoms with Crippen molar-refractivity contribution >= 4 is 15.7 Å². The Hall–Kier alpha value is -1.40. The Kier molecular flexibility index (Phi) is 5.00. The molecule has 5 nitrogen and oxygen atoms in total. The Balaban J connectivity index is 2.17. The number of sulfone groups is 1. The van der Waals surface area contributed by atoms with Gasteiger partial charge in [0.05, 0.1) is 10.6 Å². The van der Waals surface area contributed by atoms with Crippen LogP contribution in [0.2, 0.25) is 0 Å². The highest BCUT2D eigenvalue weighted by atomic mass is 32.2. The third kappa shape index (κ3) is 3.63. The van der Waals surface area contributed by atoms with E-state index in [4.69, 9.17) is 0 Å². The normalized spacial score (nSPS) is 19.5. The van der Waals surface area contributed by atoms with Gasteiger partial charge in [-0.2, -0.15) is 0 Å². The van der Waals surface area contributed by atoms with Crippen LogP contribution in [0.25, 0.3) is 0 Å². The molecule has 1 atom stereocenters. The molecule has 0 saturated carbocycles. The fourth-order valence-electron chi connectivity index (χ4n) is 2.50. The average Bonchev–Trinajstić information content (AvgIpc) is 2.47. The van der Waals surface area contributed by atoms with Crippen LogP contribution in [0.5, 0.6) is 0 Å². The number of rotatable bonds is 4. The van der Waals surface area contributed by atoms with Gasteiger partial charge in [0.2, 0.25) is 0 Å². The summed E-state index contributed by atoms with van der Waals surface area (Å²) in [4.78, 5) is 14.6. The Labute approximate surface area is 126 Å². The van der Waals surface area contributed by atoms with Crippen molar-refractivity contribution in [2.24, 2.45) is 0 Å². The van der Waals surface area contributed by atoms with Gasteiger partial charge in [-0.25, -0.2) is 8.42 Å². The second-order valence-corrected chi connectivity index (χ2v) is 7.50. The predicted octanol–water partition coefficient (Wildman–Crippen LogP) is 1.30. The molecule has 116 valence electrons. The molecule has 1 aliphatic heterocycles. The van der Waals surface area contributed by atoms with Gasteiger partial charge in [0.15, 0.2) is 9.84 Å². The summed E-state index contributed by atoms with van der Waals surface area (Å²) in [5.41, 5.74) is 0.541. The second kappa shape index (κ2) is 6.58. The molecule has 0 radical (unpaired) electrons. The number of nitrogens with one attached hydrogen (secondary N) is 1. The molecule has 1 aliphatic rings. The molecule has 21 heavy (non-hydrogen) atoms. The van der Waals surface area contributed by atoms with E-state index in [2.05, 4.69) is 5.32 Å².